The predicted octanol–water partition coefficient (Wildman–Crippen LogP) is 2.37. The van der Waals surface area contributed by atoms with Gasteiger partial charge in [0, 0.05) is 0 Å². The lowest BCUT2D eigenvalue weighted by Gasteiger charge is -1.98. The molecule has 0 aliphatic carbocycles. The maximum absolute atomic E-state index is 11.5. The molecule has 1 aromatic carbocycles. The lowest BCUT2D eigenvalue weighted by Crippen LogP contribution is -2.17. The maximum Gasteiger partial charge on any atom is 0.263 e. The molecule has 0 atom stereocenters. The SMILES string of the molecule is O=C1NC(=S)S/C1=C\C=C\c1cn(Cc2ccccc2)nn1. The number of hydrogen-bond acceptors (Lipinski definition) is 5. The zero-order valence-corrected chi connectivity index (χ0v) is 13.1. The Kier molecular flexibility index (Phi) is 4.45. The number of carbonyl (C=O) groups excluding carboxylic acids is 1. The van der Waals surface area contributed by atoms with Crippen LogP contribution in [-0.2, 0) is 11.3 Å². The molecule has 1 fully saturated rings. The van der Waals surface area contributed by atoms with Crippen molar-refractivity contribution in [3.05, 3.63) is 64.8 Å². The zero-order valence-electron chi connectivity index (χ0n) is 11.5. The quantitative estimate of drug-likeness (QED) is 0.690. The second kappa shape index (κ2) is 6.67. The Morgan fingerprint density at radius 1 is 1.32 bits per heavy atom. The van der Waals surface area contributed by atoms with Crippen LogP contribution >= 0.6 is 24.0 Å². The summed E-state index contributed by atoms with van der Waals surface area (Å²) in [4.78, 5) is 12.1. The van der Waals surface area contributed by atoms with Gasteiger partial charge in [0.15, 0.2) is 0 Å². The molecule has 1 N–H and O–H groups in total. The summed E-state index contributed by atoms with van der Waals surface area (Å²) in [6.45, 7) is 0.676. The highest BCUT2D eigenvalue weighted by Gasteiger charge is 2.20. The first kappa shape index (κ1) is 14.7. The monoisotopic (exact) mass is 328 g/mol. The van der Waals surface area contributed by atoms with Gasteiger partial charge in [0.05, 0.1) is 17.6 Å². The number of hydrogen-bond donors (Lipinski definition) is 1. The minimum atomic E-state index is -0.160. The smallest absolute Gasteiger partial charge is 0.263 e. The molecule has 1 amide bonds. The van der Waals surface area contributed by atoms with E-state index in [-0.39, 0.29) is 5.91 Å². The van der Waals surface area contributed by atoms with Gasteiger partial charge in [-0.15, -0.1) is 5.10 Å². The van der Waals surface area contributed by atoms with Gasteiger partial charge in [-0.2, -0.15) is 0 Å². The number of nitrogens with one attached hydrogen (secondary N) is 1. The third-order valence-corrected chi connectivity index (χ3v) is 4.08. The maximum atomic E-state index is 11.5. The molecule has 2 heterocycles. The van der Waals surface area contributed by atoms with Crippen molar-refractivity contribution in [2.75, 3.05) is 0 Å². The lowest BCUT2D eigenvalue weighted by molar-refractivity contribution is -0.115. The molecule has 0 saturated carbocycles. The summed E-state index contributed by atoms with van der Waals surface area (Å²) in [6.07, 6.45) is 7.15. The van der Waals surface area contributed by atoms with Gasteiger partial charge in [0.2, 0.25) is 0 Å². The van der Waals surface area contributed by atoms with E-state index in [4.69, 9.17) is 12.2 Å². The molecule has 1 saturated heterocycles. The first-order chi connectivity index (χ1) is 10.7. The van der Waals surface area contributed by atoms with E-state index >= 15 is 0 Å². The Morgan fingerprint density at radius 2 is 2.14 bits per heavy atom. The molecule has 2 aromatic rings. The van der Waals surface area contributed by atoms with E-state index in [1.54, 1.807) is 22.9 Å². The normalized spacial score (nSPS) is 16.6. The first-order valence-corrected chi connectivity index (χ1v) is 7.79. The summed E-state index contributed by atoms with van der Waals surface area (Å²) in [6, 6.07) is 10.1. The van der Waals surface area contributed by atoms with Crippen LogP contribution in [0.25, 0.3) is 6.08 Å². The zero-order chi connectivity index (χ0) is 15.4. The van der Waals surface area contributed by atoms with Crippen molar-refractivity contribution in [1.82, 2.24) is 20.3 Å². The highest BCUT2D eigenvalue weighted by atomic mass is 32.2. The minimum absolute atomic E-state index is 0.160. The van der Waals surface area contributed by atoms with E-state index in [0.29, 0.717) is 15.8 Å². The van der Waals surface area contributed by atoms with Gasteiger partial charge in [-0.3, -0.25) is 4.79 Å². The third kappa shape index (κ3) is 3.69. The van der Waals surface area contributed by atoms with Gasteiger partial charge >= 0.3 is 0 Å². The Balaban J connectivity index is 1.64. The molecule has 7 heteroatoms. The van der Waals surface area contributed by atoms with Crippen molar-refractivity contribution < 1.29 is 4.79 Å². The second-order valence-corrected chi connectivity index (χ2v) is 6.28. The van der Waals surface area contributed by atoms with Crippen LogP contribution < -0.4 is 5.32 Å². The summed E-state index contributed by atoms with van der Waals surface area (Å²) < 4.78 is 2.26. The number of allylic oxidation sites excluding steroid dienone is 2. The average molecular weight is 328 g/mol. The minimum Gasteiger partial charge on any atom is -0.307 e. The van der Waals surface area contributed by atoms with Crippen LogP contribution in [0.15, 0.2) is 53.6 Å². The standard InChI is InChI=1S/C15H12N4OS2/c20-14-13(22-15(21)16-14)8-4-7-12-10-19(18-17-12)9-11-5-2-1-3-6-11/h1-8,10H,9H2,(H,16,20,21)/b7-4+,13-8-. The summed E-state index contributed by atoms with van der Waals surface area (Å²) >= 11 is 6.18. The van der Waals surface area contributed by atoms with E-state index in [2.05, 4.69) is 15.6 Å². The molecule has 3 rings (SSSR count). The van der Waals surface area contributed by atoms with Crippen molar-refractivity contribution in [2.45, 2.75) is 6.54 Å². The number of benzene rings is 1. The highest BCUT2D eigenvalue weighted by Crippen LogP contribution is 2.23. The van der Waals surface area contributed by atoms with Gasteiger partial charge in [-0.25, -0.2) is 4.68 Å². The fourth-order valence-corrected chi connectivity index (χ4v) is 2.90. The molecular weight excluding hydrogens is 316 g/mol. The molecule has 22 heavy (non-hydrogen) atoms. The van der Waals surface area contributed by atoms with Gasteiger partial charge in [0.25, 0.3) is 5.91 Å². The molecule has 0 unspecified atom stereocenters. The number of thiocarbonyl (C=S) groups is 1. The average Bonchev–Trinajstić information content (AvgIpc) is 3.07. The second-order valence-electron chi connectivity index (χ2n) is 4.56. The third-order valence-electron chi connectivity index (χ3n) is 2.90. The van der Waals surface area contributed by atoms with E-state index in [0.717, 1.165) is 11.3 Å². The van der Waals surface area contributed by atoms with Gasteiger partial charge in [-0.1, -0.05) is 65.6 Å². The molecule has 1 aromatic heterocycles. The molecule has 0 bridgehead atoms. The highest BCUT2D eigenvalue weighted by molar-refractivity contribution is 8.26. The summed E-state index contributed by atoms with van der Waals surface area (Å²) in [5.74, 6) is -0.160. The summed E-state index contributed by atoms with van der Waals surface area (Å²) in [5.41, 5.74) is 1.90. The van der Waals surface area contributed by atoms with Crippen molar-refractivity contribution in [3.8, 4) is 0 Å². The first-order valence-electron chi connectivity index (χ1n) is 6.56. The van der Waals surface area contributed by atoms with E-state index in [1.807, 2.05) is 36.5 Å². The fourth-order valence-electron chi connectivity index (χ4n) is 1.91. The van der Waals surface area contributed by atoms with Crippen LogP contribution in [0, 0.1) is 0 Å². The lowest BCUT2D eigenvalue weighted by atomic mass is 10.2. The number of aromatic nitrogens is 3. The van der Waals surface area contributed by atoms with Crippen LogP contribution in [0.5, 0.6) is 0 Å². The van der Waals surface area contributed by atoms with Crippen molar-refractivity contribution in [1.29, 1.82) is 0 Å². The Labute approximate surface area is 137 Å². The van der Waals surface area contributed by atoms with Crippen molar-refractivity contribution >= 4 is 40.3 Å². The van der Waals surface area contributed by atoms with Crippen LogP contribution in [0.4, 0.5) is 0 Å². The number of nitrogens with zero attached hydrogens (tertiary/aromatic N) is 3. The topological polar surface area (TPSA) is 59.8 Å². The largest absolute Gasteiger partial charge is 0.307 e. The number of rotatable bonds is 4. The van der Waals surface area contributed by atoms with Crippen LogP contribution in [0.3, 0.4) is 0 Å². The van der Waals surface area contributed by atoms with Gasteiger partial charge in [0.1, 0.15) is 10.0 Å². The number of amides is 1. The molecule has 0 radical (unpaired) electrons. The van der Waals surface area contributed by atoms with Crippen LogP contribution in [0.1, 0.15) is 11.3 Å². The summed E-state index contributed by atoms with van der Waals surface area (Å²) in [7, 11) is 0. The van der Waals surface area contributed by atoms with Crippen LogP contribution in [0.2, 0.25) is 0 Å². The Hall–Kier alpha value is -2.25. The van der Waals surface area contributed by atoms with Gasteiger partial charge < -0.3 is 5.32 Å². The molecule has 110 valence electrons. The molecule has 1 aliphatic heterocycles. The molecular formula is C15H12N4OS2. The van der Waals surface area contributed by atoms with Gasteiger partial charge in [-0.05, 0) is 17.7 Å². The Morgan fingerprint density at radius 3 is 2.86 bits per heavy atom. The molecule has 0 spiro atoms. The predicted molar refractivity (Wildman–Crippen MR) is 91.0 cm³/mol. The number of thioether (sulfide) groups is 1. The van der Waals surface area contributed by atoms with Crippen molar-refractivity contribution in [3.63, 3.8) is 0 Å². The number of carbonyl (C=O) groups is 1. The summed E-state index contributed by atoms with van der Waals surface area (Å²) in [5, 5.41) is 10.7. The van der Waals surface area contributed by atoms with Crippen molar-refractivity contribution in [2.24, 2.45) is 0 Å². The fraction of sp³-hybridized carbons (Fsp3) is 0.0667. The van der Waals surface area contributed by atoms with E-state index in [1.165, 1.54) is 11.8 Å². The Bertz CT molecular complexity index is 765. The van der Waals surface area contributed by atoms with Crippen LogP contribution in [-0.4, -0.2) is 25.2 Å². The molecule has 1 aliphatic rings. The van der Waals surface area contributed by atoms with E-state index in [9.17, 15) is 4.79 Å². The molecule has 5 nitrogen and oxygen atoms in total. The van der Waals surface area contributed by atoms with E-state index < -0.39 is 0 Å².